The Labute approximate surface area is 124 Å². The van der Waals surface area contributed by atoms with Gasteiger partial charge < -0.3 is 10.0 Å². The third kappa shape index (κ3) is 3.37. The van der Waals surface area contributed by atoms with Gasteiger partial charge in [-0.25, -0.2) is 14.8 Å². The van der Waals surface area contributed by atoms with Crippen LogP contribution < -0.4 is 4.90 Å². The van der Waals surface area contributed by atoms with Gasteiger partial charge in [0.25, 0.3) is 0 Å². The molecule has 2 aromatic rings. The molecule has 2 rings (SSSR count). The number of aromatic carboxylic acids is 1. The molecule has 0 saturated carbocycles. The number of rotatable bonds is 5. The summed E-state index contributed by atoms with van der Waals surface area (Å²) in [5.41, 5.74) is 2.68. The molecule has 0 saturated heterocycles. The maximum atomic E-state index is 11.3. The van der Waals surface area contributed by atoms with E-state index in [1.165, 1.54) is 6.07 Å². The summed E-state index contributed by atoms with van der Waals surface area (Å²) < 4.78 is 0. The standard InChI is InChI=1S/C16H19N3O2/c1-4-19(5-2)16-17-13(10-14(18-16)15(20)21)12-8-6-11(3)7-9-12/h6-10H,4-5H2,1-3H3,(H,20,21). The van der Waals surface area contributed by atoms with Crippen LogP contribution in [-0.2, 0) is 0 Å². The van der Waals surface area contributed by atoms with Crippen LogP contribution in [-0.4, -0.2) is 34.1 Å². The van der Waals surface area contributed by atoms with Crippen LogP contribution in [0.5, 0.6) is 0 Å². The Morgan fingerprint density at radius 2 is 1.76 bits per heavy atom. The number of aromatic nitrogens is 2. The molecule has 1 heterocycles. The molecule has 0 unspecified atom stereocenters. The Morgan fingerprint density at radius 1 is 1.14 bits per heavy atom. The zero-order valence-electron chi connectivity index (χ0n) is 12.5. The number of anilines is 1. The number of carboxylic acid groups (broad SMARTS) is 1. The maximum absolute atomic E-state index is 11.3. The van der Waals surface area contributed by atoms with E-state index in [0.717, 1.165) is 24.2 Å². The fourth-order valence-electron chi connectivity index (χ4n) is 2.06. The second-order valence-electron chi connectivity index (χ2n) is 4.78. The first-order chi connectivity index (χ1) is 10.0. The van der Waals surface area contributed by atoms with Gasteiger partial charge >= 0.3 is 5.97 Å². The summed E-state index contributed by atoms with van der Waals surface area (Å²) in [4.78, 5) is 21.9. The SMILES string of the molecule is CCN(CC)c1nc(C(=O)O)cc(-c2ccc(C)cc2)n1. The van der Waals surface area contributed by atoms with Crippen molar-refractivity contribution in [3.8, 4) is 11.3 Å². The molecule has 1 aromatic carbocycles. The molecule has 1 aromatic heterocycles. The van der Waals surface area contributed by atoms with Crippen molar-refractivity contribution in [1.82, 2.24) is 9.97 Å². The third-order valence-electron chi connectivity index (χ3n) is 3.33. The number of aryl methyl sites for hydroxylation is 1. The van der Waals surface area contributed by atoms with Crippen LogP contribution >= 0.6 is 0 Å². The zero-order valence-corrected chi connectivity index (χ0v) is 12.5. The van der Waals surface area contributed by atoms with Crippen LogP contribution in [0, 0.1) is 6.92 Å². The molecule has 0 amide bonds. The average Bonchev–Trinajstić information content (AvgIpc) is 2.49. The van der Waals surface area contributed by atoms with Crippen molar-refractivity contribution in [2.75, 3.05) is 18.0 Å². The lowest BCUT2D eigenvalue weighted by Gasteiger charge is -2.19. The van der Waals surface area contributed by atoms with Gasteiger partial charge in [0.05, 0.1) is 5.69 Å². The summed E-state index contributed by atoms with van der Waals surface area (Å²) >= 11 is 0. The first-order valence-electron chi connectivity index (χ1n) is 6.99. The lowest BCUT2D eigenvalue weighted by molar-refractivity contribution is 0.0690. The Kier molecular flexibility index (Phi) is 4.52. The Balaban J connectivity index is 2.54. The summed E-state index contributed by atoms with van der Waals surface area (Å²) in [5, 5.41) is 9.24. The van der Waals surface area contributed by atoms with E-state index >= 15 is 0 Å². The second-order valence-corrected chi connectivity index (χ2v) is 4.78. The second kappa shape index (κ2) is 6.35. The van der Waals surface area contributed by atoms with E-state index in [4.69, 9.17) is 0 Å². The van der Waals surface area contributed by atoms with Gasteiger partial charge in [0, 0.05) is 18.7 Å². The van der Waals surface area contributed by atoms with Gasteiger partial charge in [0.2, 0.25) is 5.95 Å². The van der Waals surface area contributed by atoms with Gasteiger partial charge in [-0.3, -0.25) is 0 Å². The Bertz CT molecular complexity index is 634. The lowest BCUT2D eigenvalue weighted by Crippen LogP contribution is -2.25. The predicted molar refractivity (Wildman–Crippen MR) is 82.7 cm³/mol. The molecule has 0 radical (unpaired) electrons. The Morgan fingerprint density at radius 3 is 2.29 bits per heavy atom. The van der Waals surface area contributed by atoms with Crippen molar-refractivity contribution >= 4 is 11.9 Å². The summed E-state index contributed by atoms with van der Waals surface area (Å²) in [7, 11) is 0. The van der Waals surface area contributed by atoms with Gasteiger partial charge in [-0.1, -0.05) is 29.8 Å². The fourth-order valence-corrected chi connectivity index (χ4v) is 2.06. The molecular formula is C16H19N3O2. The highest BCUT2D eigenvalue weighted by atomic mass is 16.4. The third-order valence-corrected chi connectivity index (χ3v) is 3.33. The molecule has 0 spiro atoms. The van der Waals surface area contributed by atoms with Gasteiger partial charge in [0.1, 0.15) is 0 Å². The van der Waals surface area contributed by atoms with Crippen molar-refractivity contribution < 1.29 is 9.90 Å². The summed E-state index contributed by atoms with van der Waals surface area (Å²) in [6, 6.07) is 9.36. The van der Waals surface area contributed by atoms with Crippen molar-refractivity contribution in [3.63, 3.8) is 0 Å². The Hall–Kier alpha value is -2.43. The van der Waals surface area contributed by atoms with E-state index < -0.39 is 5.97 Å². The highest BCUT2D eigenvalue weighted by molar-refractivity contribution is 5.87. The molecule has 21 heavy (non-hydrogen) atoms. The minimum absolute atomic E-state index is 0.0162. The number of nitrogens with zero attached hydrogens (tertiary/aromatic N) is 3. The maximum Gasteiger partial charge on any atom is 0.354 e. The molecule has 5 heteroatoms. The molecule has 0 aliphatic heterocycles. The highest BCUT2D eigenvalue weighted by Gasteiger charge is 2.14. The quantitative estimate of drug-likeness (QED) is 0.914. The van der Waals surface area contributed by atoms with Crippen molar-refractivity contribution in [2.45, 2.75) is 20.8 Å². The van der Waals surface area contributed by atoms with Crippen LogP contribution in [0.4, 0.5) is 5.95 Å². The van der Waals surface area contributed by atoms with Gasteiger partial charge in [0.15, 0.2) is 5.69 Å². The minimum atomic E-state index is -1.04. The van der Waals surface area contributed by atoms with Crippen LogP contribution in [0.25, 0.3) is 11.3 Å². The molecule has 0 atom stereocenters. The molecule has 0 bridgehead atoms. The molecule has 0 aliphatic carbocycles. The molecule has 1 N–H and O–H groups in total. The predicted octanol–water partition coefficient (Wildman–Crippen LogP) is 3.00. The number of carbonyl (C=O) groups is 1. The van der Waals surface area contributed by atoms with E-state index in [1.54, 1.807) is 0 Å². The average molecular weight is 285 g/mol. The fraction of sp³-hybridized carbons (Fsp3) is 0.312. The largest absolute Gasteiger partial charge is 0.477 e. The van der Waals surface area contributed by atoms with Crippen molar-refractivity contribution in [2.24, 2.45) is 0 Å². The van der Waals surface area contributed by atoms with E-state index in [2.05, 4.69) is 9.97 Å². The number of carboxylic acids is 1. The van der Waals surface area contributed by atoms with E-state index in [1.807, 2.05) is 49.9 Å². The number of benzene rings is 1. The molecular weight excluding hydrogens is 266 g/mol. The molecule has 0 fully saturated rings. The number of hydrogen-bond donors (Lipinski definition) is 1. The first-order valence-corrected chi connectivity index (χ1v) is 6.99. The minimum Gasteiger partial charge on any atom is -0.477 e. The topological polar surface area (TPSA) is 66.3 Å². The van der Waals surface area contributed by atoms with Gasteiger partial charge in [-0.05, 0) is 26.8 Å². The monoisotopic (exact) mass is 285 g/mol. The highest BCUT2D eigenvalue weighted by Crippen LogP contribution is 2.21. The first kappa shape index (κ1) is 15.0. The van der Waals surface area contributed by atoms with E-state index in [0.29, 0.717) is 11.6 Å². The van der Waals surface area contributed by atoms with Crippen LogP contribution in [0.2, 0.25) is 0 Å². The summed E-state index contributed by atoms with van der Waals surface area (Å²) in [5.74, 6) is -0.588. The van der Waals surface area contributed by atoms with Gasteiger partial charge in [-0.2, -0.15) is 0 Å². The van der Waals surface area contributed by atoms with E-state index in [9.17, 15) is 9.90 Å². The van der Waals surface area contributed by atoms with Crippen molar-refractivity contribution in [1.29, 1.82) is 0 Å². The molecule has 0 aliphatic rings. The molecule has 5 nitrogen and oxygen atoms in total. The van der Waals surface area contributed by atoms with Crippen molar-refractivity contribution in [3.05, 3.63) is 41.6 Å². The number of hydrogen-bond acceptors (Lipinski definition) is 4. The molecule has 110 valence electrons. The summed E-state index contributed by atoms with van der Waals surface area (Å²) in [6.45, 7) is 7.45. The normalized spacial score (nSPS) is 10.4. The van der Waals surface area contributed by atoms with Crippen LogP contribution in [0.15, 0.2) is 30.3 Å². The summed E-state index contributed by atoms with van der Waals surface area (Å²) in [6.07, 6.45) is 0. The lowest BCUT2D eigenvalue weighted by atomic mass is 10.1. The van der Waals surface area contributed by atoms with Crippen LogP contribution in [0.3, 0.4) is 0 Å². The smallest absolute Gasteiger partial charge is 0.354 e. The zero-order chi connectivity index (χ0) is 15.4. The van der Waals surface area contributed by atoms with Crippen LogP contribution in [0.1, 0.15) is 29.9 Å². The van der Waals surface area contributed by atoms with Gasteiger partial charge in [-0.15, -0.1) is 0 Å². The van der Waals surface area contributed by atoms with E-state index in [-0.39, 0.29) is 5.69 Å².